The Kier molecular flexibility index (Phi) is 1.39. The van der Waals surface area contributed by atoms with Crippen LogP contribution in [0.3, 0.4) is 0 Å². The fourth-order valence-corrected chi connectivity index (χ4v) is 1.44. The Labute approximate surface area is 72.5 Å². The van der Waals surface area contributed by atoms with Gasteiger partial charge in [0, 0.05) is 27.3 Å². The summed E-state index contributed by atoms with van der Waals surface area (Å²) in [4.78, 5) is 3.10. The van der Waals surface area contributed by atoms with E-state index in [-0.39, 0.29) is 0 Å². The third-order valence-corrected chi connectivity index (χ3v) is 2.36. The average Bonchev–Trinajstić information content (AvgIpc) is 2.36. The van der Waals surface area contributed by atoms with Gasteiger partial charge in [-0.1, -0.05) is 0 Å². The predicted octanol–water partition coefficient (Wildman–Crippen LogP) is 2.51. The number of rotatable bonds is 0. The van der Waals surface area contributed by atoms with E-state index in [1.165, 1.54) is 0 Å². The van der Waals surface area contributed by atoms with Gasteiger partial charge in [0.1, 0.15) is 0 Å². The molecule has 0 saturated carbocycles. The molecular weight excluding hydrogens is 204 g/mol. The standard InChI is InChI=1S/C8H7BrN2/c9-6-4-8-5(1-2-11-8)3-7(6)10/h1-4,11H,10H2. The van der Waals surface area contributed by atoms with Crippen LogP contribution >= 0.6 is 15.9 Å². The lowest BCUT2D eigenvalue weighted by Gasteiger charge is -1.96. The van der Waals surface area contributed by atoms with Crippen LogP contribution in [0.1, 0.15) is 0 Å². The van der Waals surface area contributed by atoms with Crippen LogP contribution in [0.25, 0.3) is 10.9 Å². The Morgan fingerprint density at radius 3 is 3.00 bits per heavy atom. The number of nitrogens with two attached hydrogens (primary N) is 1. The maximum Gasteiger partial charge on any atom is 0.0466 e. The van der Waals surface area contributed by atoms with E-state index >= 15 is 0 Å². The molecule has 0 fully saturated rings. The number of fused-ring (bicyclic) bond motifs is 1. The molecule has 3 N–H and O–H groups in total. The van der Waals surface area contributed by atoms with Crippen molar-refractivity contribution in [1.29, 1.82) is 0 Å². The van der Waals surface area contributed by atoms with Crippen LogP contribution < -0.4 is 5.73 Å². The van der Waals surface area contributed by atoms with E-state index in [9.17, 15) is 0 Å². The molecule has 0 aliphatic carbocycles. The van der Waals surface area contributed by atoms with Crippen molar-refractivity contribution in [1.82, 2.24) is 4.98 Å². The minimum atomic E-state index is 0.775. The second kappa shape index (κ2) is 2.27. The minimum Gasteiger partial charge on any atom is -0.398 e. The maximum absolute atomic E-state index is 5.68. The molecule has 56 valence electrons. The van der Waals surface area contributed by atoms with Crippen molar-refractivity contribution < 1.29 is 0 Å². The van der Waals surface area contributed by atoms with Crippen LogP contribution in [-0.2, 0) is 0 Å². The van der Waals surface area contributed by atoms with Crippen molar-refractivity contribution in [3.63, 3.8) is 0 Å². The summed E-state index contributed by atoms with van der Waals surface area (Å²) < 4.78 is 0.937. The van der Waals surface area contributed by atoms with E-state index in [2.05, 4.69) is 20.9 Å². The summed E-state index contributed by atoms with van der Waals surface area (Å²) in [7, 11) is 0. The van der Waals surface area contributed by atoms with Gasteiger partial charge in [0.25, 0.3) is 0 Å². The molecule has 0 aliphatic heterocycles. The fourth-order valence-electron chi connectivity index (χ4n) is 1.09. The van der Waals surface area contributed by atoms with E-state index < -0.39 is 0 Å². The van der Waals surface area contributed by atoms with Crippen molar-refractivity contribution in [2.24, 2.45) is 0 Å². The molecule has 1 aromatic heterocycles. The van der Waals surface area contributed by atoms with E-state index in [4.69, 9.17) is 5.73 Å². The normalized spacial score (nSPS) is 10.6. The largest absolute Gasteiger partial charge is 0.398 e. The molecule has 0 unspecified atom stereocenters. The molecule has 0 aliphatic rings. The lowest BCUT2D eigenvalue weighted by molar-refractivity contribution is 1.47. The highest BCUT2D eigenvalue weighted by Gasteiger charge is 1.98. The van der Waals surface area contributed by atoms with Gasteiger partial charge in [-0.2, -0.15) is 0 Å². The summed E-state index contributed by atoms with van der Waals surface area (Å²) >= 11 is 3.36. The number of anilines is 1. The van der Waals surface area contributed by atoms with Gasteiger partial charge < -0.3 is 10.7 Å². The van der Waals surface area contributed by atoms with Crippen LogP contribution in [0.4, 0.5) is 5.69 Å². The lowest BCUT2D eigenvalue weighted by Crippen LogP contribution is -1.84. The number of hydrogen-bond acceptors (Lipinski definition) is 1. The van der Waals surface area contributed by atoms with E-state index in [0.717, 1.165) is 21.1 Å². The van der Waals surface area contributed by atoms with Gasteiger partial charge >= 0.3 is 0 Å². The minimum absolute atomic E-state index is 0.775. The first-order chi connectivity index (χ1) is 5.27. The number of H-pyrrole nitrogens is 1. The van der Waals surface area contributed by atoms with Crippen LogP contribution in [-0.4, -0.2) is 4.98 Å². The molecular formula is C8H7BrN2. The second-order valence-electron chi connectivity index (χ2n) is 2.44. The monoisotopic (exact) mass is 210 g/mol. The quantitative estimate of drug-likeness (QED) is 0.646. The van der Waals surface area contributed by atoms with Crippen molar-refractivity contribution in [3.8, 4) is 0 Å². The zero-order chi connectivity index (χ0) is 7.84. The molecule has 1 heterocycles. The number of nitrogen functional groups attached to an aromatic ring is 1. The maximum atomic E-state index is 5.68. The number of halogens is 1. The molecule has 0 bridgehead atoms. The summed E-state index contributed by atoms with van der Waals surface area (Å²) in [6.07, 6.45) is 1.90. The van der Waals surface area contributed by atoms with Crippen molar-refractivity contribution >= 4 is 32.5 Å². The fraction of sp³-hybridized carbons (Fsp3) is 0. The zero-order valence-corrected chi connectivity index (χ0v) is 7.35. The molecule has 2 rings (SSSR count). The molecule has 0 radical (unpaired) electrons. The van der Waals surface area contributed by atoms with Crippen molar-refractivity contribution in [2.45, 2.75) is 0 Å². The molecule has 2 aromatic rings. The first-order valence-electron chi connectivity index (χ1n) is 3.29. The van der Waals surface area contributed by atoms with E-state index in [0.29, 0.717) is 0 Å². The van der Waals surface area contributed by atoms with Gasteiger partial charge in [-0.05, 0) is 34.1 Å². The van der Waals surface area contributed by atoms with E-state index in [1.807, 2.05) is 24.4 Å². The smallest absolute Gasteiger partial charge is 0.0466 e. The summed E-state index contributed by atoms with van der Waals surface area (Å²) in [6, 6.07) is 5.92. The first-order valence-corrected chi connectivity index (χ1v) is 4.09. The van der Waals surface area contributed by atoms with Crippen molar-refractivity contribution in [2.75, 3.05) is 5.73 Å². The Balaban J connectivity index is 2.86. The Morgan fingerprint density at radius 1 is 1.36 bits per heavy atom. The molecule has 11 heavy (non-hydrogen) atoms. The highest BCUT2D eigenvalue weighted by Crippen LogP contribution is 2.24. The highest BCUT2D eigenvalue weighted by molar-refractivity contribution is 9.10. The SMILES string of the molecule is Nc1cc2cc[nH]c2cc1Br. The average molecular weight is 211 g/mol. The van der Waals surface area contributed by atoms with Crippen LogP contribution in [0.15, 0.2) is 28.9 Å². The lowest BCUT2D eigenvalue weighted by atomic mass is 10.2. The Hall–Kier alpha value is -0.960. The molecule has 1 aromatic carbocycles. The zero-order valence-electron chi connectivity index (χ0n) is 5.76. The highest BCUT2D eigenvalue weighted by atomic mass is 79.9. The van der Waals surface area contributed by atoms with Crippen molar-refractivity contribution in [3.05, 3.63) is 28.9 Å². The second-order valence-corrected chi connectivity index (χ2v) is 3.29. The third-order valence-electron chi connectivity index (χ3n) is 1.67. The molecule has 0 amide bonds. The number of nitrogens with one attached hydrogen (secondary N) is 1. The molecule has 0 saturated heterocycles. The van der Waals surface area contributed by atoms with Gasteiger partial charge in [0.15, 0.2) is 0 Å². The van der Waals surface area contributed by atoms with Gasteiger partial charge in [0.05, 0.1) is 0 Å². The number of aromatic nitrogens is 1. The summed E-state index contributed by atoms with van der Waals surface area (Å²) in [6.45, 7) is 0. The molecule has 3 heteroatoms. The first kappa shape index (κ1) is 6.73. The number of aromatic amines is 1. The predicted molar refractivity (Wildman–Crippen MR) is 50.4 cm³/mol. The van der Waals surface area contributed by atoms with Crippen LogP contribution in [0.5, 0.6) is 0 Å². The number of benzene rings is 1. The third kappa shape index (κ3) is 1.01. The molecule has 2 nitrogen and oxygen atoms in total. The molecule has 0 atom stereocenters. The Bertz CT molecular complexity index is 356. The van der Waals surface area contributed by atoms with Gasteiger partial charge in [0.2, 0.25) is 0 Å². The Morgan fingerprint density at radius 2 is 2.18 bits per heavy atom. The van der Waals surface area contributed by atoms with Gasteiger partial charge in [-0.25, -0.2) is 0 Å². The summed E-state index contributed by atoms with van der Waals surface area (Å²) in [5.74, 6) is 0. The molecule has 0 spiro atoms. The summed E-state index contributed by atoms with van der Waals surface area (Å²) in [5.41, 5.74) is 7.56. The topological polar surface area (TPSA) is 41.8 Å². The van der Waals surface area contributed by atoms with Crippen LogP contribution in [0.2, 0.25) is 0 Å². The van der Waals surface area contributed by atoms with Gasteiger partial charge in [-0.3, -0.25) is 0 Å². The van der Waals surface area contributed by atoms with E-state index in [1.54, 1.807) is 0 Å². The number of hydrogen-bond donors (Lipinski definition) is 2. The van der Waals surface area contributed by atoms with Gasteiger partial charge in [-0.15, -0.1) is 0 Å². The van der Waals surface area contributed by atoms with Crippen LogP contribution in [0, 0.1) is 0 Å². The summed E-state index contributed by atoms with van der Waals surface area (Å²) in [5, 5.41) is 1.14.